The monoisotopic (exact) mass is 220 g/mol. The molecule has 0 saturated carbocycles. The fraction of sp³-hybridized carbons (Fsp3) is 0.429. The molecule has 2 nitrogen and oxygen atoms in total. The second-order valence-electron chi connectivity index (χ2n) is 3.70. The van der Waals surface area contributed by atoms with Crippen molar-refractivity contribution >= 4 is 6.08 Å². The third kappa shape index (κ3) is 3.70. The van der Waals surface area contributed by atoms with E-state index in [1.807, 2.05) is 24.3 Å². The van der Waals surface area contributed by atoms with E-state index in [0.29, 0.717) is 6.61 Å². The van der Waals surface area contributed by atoms with E-state index >= 15 is 0 Å². The average Bonchev–Trinajstić information content (AvgIpc) is 2.34. The van der Waals surface area contributed by atoms with Gasteiger partial charge in [0.15, 0.2) is 0 Å². The molecule has 88 valence electrons. The maximum Gasteiger partial charge on any atom is 0.126 e. The zero-order chi connectivity index (χ0) is 11.8. The van der Waals surface area contributed by atoms with Crippen LogP contribution >= 0.6 is 0 Å². The fourth-order valence-electron chi connectivity index (χ4n) is 1.55. The molecule has 1 rings (SSSR count). The molecule has 0 spiro atoms. The number of hydrogen-bond acceptors (Lipinski definition) is 2. The van der Waals surface area contributed by atoms with E-state index in [0.717, 1.165) is 24.2 Å². The average molecular weight is 220 g/mol. The molecular weight excluding hydrogens is 200 g/mol. The summed E-state index contributed by atoms with van der Waals surface area (Å²) >= 11 is 0. The van der Waals surface area contributed by atoms with E-state index in [9.17, 15) is 0 Å². The molecule has 0 N–H and O–H groups in total. The summed E-state index contributed by atoms with van der Waals surface area (Å²) in [5, 5.41) is 0. The highest BCUT2D eigenvalue weighted by atomic mass is 16.5. The summed E-state index contributed by atoms with van der Waals surface area (Å²) in [6, 6.07) is 7.88. The lowest BCUT2D eigenvalue weighted by Gasteiger charge is -2.16. The molecule has 0 fully saturated rings. The molecule has 0 bridgehead atoms. The number of ether oxygens (including phenoxy) is 2. The van der Waals surface area contributed by atoms with E-state index in [-0.39, 0.29) is 6.10 Å². The first kappa shape index (κ1) is 12.8. The van der Waals surface area contributed by atoms with E-state index in [1.54, 1.807) is 13.2 Å². The maximum atomic E-state index is 5.74. The maximum absolute atomic E-state index is 5.74. The Hall–Kier alpha value is -1.28. The van der Waals surface area contributed by atoms with E-state index in [1.165, 1.54) is 0 Å². The van der Waals surface area contributed by atoms with E-state index < -0.39 is 0 Å². The molecule has 0 saturated heterocycles. The minimum atomic E-state index is 0.169. The van der Waals surface area contributed by atoms with Crippen LogP contribution in [0.25, 0.3) is 6.08 Å². The Morgan fingerprint density at radius 3 is 2.75 bits per heavy atom. The molecule has 0 aliphatic rings. The summed E-state index contributed by atoms with van der Waals surface area (Å²) in [6.45, 7) is 6.50. The predicted molar refractivity (Wildman–Crippen MR) is 67.7 cm³/mol. The summed E-state index contributed by atoms with van der Waals surface area (Å²) in [5.74, 6) is 0.871. The van der Waals surface area contributed by atoms with Gasteiger partial charge in [0.25, 0.3) is 0 Å². The largest absolute Gasteiger partial charge is 0.490 e. The lowest BCUT2D eigenvalue weighted by molar-refractivity contribution is 0.0515. The minimum Gasteiger partial charge on any atom is -0.490 e. The molecular formula is C14H20O2. The molecule has 0 aliphatic carbocycles. The molecule has 0 radical (unpaired) electrons. The highest BCUT2D eigenvalue weighted by molar-refractivity contribution is 5.55. The lowest BCUT2D eigenvalue weighted by atomic mass is 10.2. The van der Waals surface area contributed by atoms with Crippen LogP contribution in [0.3, 0.4) is 0 Å². The Morgan fingerprint density at radius 2 is 2.12 bits per heavy atom. The van der Waals surface area contributed by atoms with Crippen molar-refractivity contribution in [1.29, 1.82) is 0 Å². The molecule has 0 heterocycles. The van der Waals surface area contributed by atoms with Gasteiger partial charge in [0, 0.05) is 12.7 Å². The zero-order valence-electron chi connectivity index (χ0n) is 10.1. The van der Waals surface area contributed by atoms with Crippen LogP contribution in [0.1, 0.15) is 25.3 Å². The van der Waals surface area contributed by atoms with Crippen molar-refractivity contribution in [2.24, 2.45) is 0 Å². The van der Waals surface area contributed by atoms with Gasteiger partial charge in [0.05, 0.1) is 6.10 Å². The molecule has 0 aliphatic heterocycles. The van der Waals surface area contributed by atoms with Crippen LogP contribution in [-0.4, -0.2) is 19.8 Å². The summed E-state index contributed by atoms with van der Waals surface area (Å²) in [5.41, 5.74) is 1.02. The normalized spacial score (nSPS) is 12.1. The van der Waals surface area contributed by atoms with Gasteiger partial charge < -0.3 is 9.47 Å². The van der Waals surface area contributed by atoms with Gasteiger partial charge in [-0.3, -0.25) is 0 Å². The Morgan fingerprint density at radius 1 is 1.38 bits per heavy atom. The van der Waals surface area contributed by atoms with Crippen molar-refractivity contribution in [3.05, 3.63) is 36.4 Å². The quantitative estimate of drug-likeness (QED) is 0.700. The standard InChI is InChI=1S/C14H20O2/c1-4-8-13(15-3)11-16-14-10-7-6-9-12(14)5-2/h5-7,9-10,13H,2,4,8,11H2,1,3H3. The first-order valence-electron chi connectivity index (χ1n) is 5.68. The van der Waals surface area contributed by atoms with Crippen LogP contribution in [-0.2, 0) is 4.74 Å². The van der Waals surface area contributed by atoms with Gasteiger partial charge in [0.2, 0.25) is 0 Å². The first-order valence-corrected chi connectivity index (χ1v) is 5.68. The van der Waals surface area contributed by atoms with Gasteiger partial charge in [-0.15, -0.1) is 0 Å². The predicted octanol–water partition coefficient (Wildman–Crippen LogP) is 3.52. The number of methoxy groups -OCH3 is 1. The fourth-order valence-corrected chi connectivity index (χ4v) is 1.55. The lowest BCUT2D eigenvalue weighted by Crippen LogP contribution is -2.20. The van der Waals surface area contributed by atoms with Crippen LogP contribution < -0.4 is 4.74 Å². The smallest absolute Gasteiger partial charge is 0.126 e. The molecule has 0 amide bonds. The minimum absolute atomic E-state index is 0.169. The van der Waals surface area contributed by atoms with Gasteiger partial charge >= 0.3 is 0 Å². The van der Waals surface area contributed by atoms with Crippen molar-refractivity contribution in [3.63, 3.8) is 0 Å². The number of benzene rings is 1. The Bertz CT molecular complexity index is 320. The molecule has 1 atom stereocenters. The SMILES string of the molecule is C=Cc1ccccc1OCC(CCC)OC. The first-order chi connectivity index (χ1) is 7.81. The van der Waals surface area contributed by atoms with Gasteiger partial charge in [-0.25, -0.2) is 0 Å². The van der Waals surface area contributed by atoms with Gasteiger partial charge in [0.1, 0.15) is 12.4 Å². The number of para-hydroxylation sites is 1. The van der Waals surface area contributed by atoms with Crippen LogP contribution in [0.4, 0.5) is 0 Å². The number of rotatable bonds is 7. The molecule has 2 heteroatoms. The third-order valence-corrected chi connectivity index (χ3v) is 2.51. The molecule has 1 unspecified atom stereocenters. The Labute approximate surface area is 97.9 Å². The summed E-state index contributed by atoms with van der Waals surface area (Å²) in [4.78, 5) is 0. The zero-order valence-corrected chi connectivity index (χ0v) is 10.1. The van der Waals surface area contributed by atoms with Crippen LogP contribution in [0.2, 0.25) is 0 Å². The van der Waals surface area contributed by atoms with Crippen molar-refractivity contribution < 1.29 is 9.47 Å². The highest BCUT2D eigenvalue weighted by Crippen LogP contribution is 2.19. The van der Waals surface area contributed by atoms with Crippen molar-refractivity contribution in [2.75, 3.05) is 13.7 Å². The van der Waals surface area contributed by atoms with Crippen LogP contribution in [0, 0.1) is 0 Å². The Kier molecular flexibility index (Phi) is 5.65. The highest BCUT2D eigenvalue weighted by Gasteiger charge is 2.07. The van der Waals surface area contributed by atoms with Crippen molar-refractivity contribution in [1.82, 2.24) is 0 Å². The van der Waals surface area contributed by atoms with Crippen molar-refractivity contribution in [2.45, 2.75) is 25.9 Å². The van der Waals surface area contributed by atoms with E-state index in [4.69, 9.17) is 9.47 Å². The third-order valence-electron chi connectivity index (χ3n) is 2.51. The summed E-state index contributed by atoms with van der Waals surface area (Å²) in [7, 11) is 1.73. The van der Waals surface area contributed by atoms with Crippen molar-refractivity contribution in [3.8, 4) is 5.75 Å². The summed E-state index contributed by atoms with van der Waals surface area (Å²) in [6.07, 6.45) is 4.09. The van der Waals surface area contributed by atoms with Gasteiger partial charge in [-0.2, -0.15) is 0 Å². The second kappa shape index (κ2) is 7.07. The van der Waals surface area contributed by atoms with E-state index in [2.05, 4.69) is 13.5 Å². The number of hydrogen-bond donors (Lipinski definition) is 0. The molecule has 1 aromatic carbocycles. The molecule has 0 aromatic heterocycles. The molecule has 16 heavy (non-hydrogen) atoms. The van der Waals surface area contributed by atoms with Crippen LogP contribution in [0.5, 0.6) is 5.75 Å². The van der Waals surface area contributed by atoms with Gasteiger partial charge in [-0.05, 0) is 12.5 Å². The topological polar surface area (TPSA) is 18.5 Å². The Balaban J connectivity index is 2.55. The molecule has 1 aromatic rings. The van der Waals surface area contributed by atoms with Gasteiger partial charge in [-0.1, -0.05) is 44.2 Å². The second-order valence-corrected chi connectivity index (χ2v) is 3.70. The van der Waals surface area contributed by atoms with Crippen LogP contribution in [0.15, 0.2) is 30.8 Å². The summed E-state index contributed by atoms with van der Waals surface area (Å²) < 4.78 is 11.1.